The van der Waals surface area contributed by atoms with Crippen LogP contribution < -0.4 is 0 Å². The summed E-state index contributed by atoms with van der Waals surface area (Å²) in [6.45, 7) is 0. The summed E-state index contributed by atoms with van der Waals surface area (Å²) in [5.41, 5.74) is 11.8. The van der Waals surface area contributed by atoms with Gasteiger partial charge in [-0.25, -0.2) is 0 Å². The molecule has 0 saturated heterocycles. The first kappa shape index (κ1) is 50.1. The maximum absolute atomic E-state index is 14.7. The number of para-hydroxylation sites is 3. The summed E-state index contributed by atoms with van der Waals surface area (Å²) in [5.74, 6) is -1.51. The molecule has 9 aromatic carbocycles. The average Bonchev–Trinajstić information content (AvgIpc) is 4.24. The maximum atomic E-state index is 14.7. The Morgan fingerprint density at radius 3 is 0.823 bits per heavy atom. The number of hydrogen-bond acceptors (Lipinski definition) is 6. The number of benzene rings is 9. The maximum Gasteiger partial charge on any atom is 3.00 e. The molecule has 15 rings (SSSR count). The van der Waals surface area contributed by atoms with E-state index in [-0.39, 0.29) is 20.1 Å². The van der Waals surface area contributed by atoms with Crippen LogP contribution in [0, 0.1) is 36.0 Å². The number of pyridine rings is 3. The smallest absolute Gasteiger partial charge is 0.501 e. The Labute approximate surface area is 464 Å². The molecule has 6 aromatic heterocycles. The van der Waals surface area contributed by atoms with E-state index in [2.05, 4.69) is 33.2 Å². The zero-order valence-corrected chi connectivity index (χ0v) is 43.9. The summed E-state index contributed by atoms with van der Waals surface area (Å²) in [6, 6.07) is 83.2. The molecule has 79 heavy (non-hydrogen) atoms. The summed E-state index contributed by atoms with van der Waals surface area (Å²) >= 11 is 0. The van der Waals surface area contributed by atoms with E-state index in [4.69, 9.17) is 13.3 Å². The summed E-state index contributed by atoms with van der Waals surface area (Å²) in [5, 5.41) is 6.01. The minimum Gasteiger partial charge on any atom is -0.501 e. The van der Waals surface area contributed by atoms with E-state index in [1.807, 2.05) is 218 Å². The van der Waals surface area contributed by atoms with Crippen molar-refractivity contribution in [1.29, 1.82) is 0 Å². The van der Waals surface area contributed by atoms with Gasteiger partial charge in [-0.3, -0.25) is 15.0 Å². The van der Waals surface area contributed by atoms with Crippen LogP contribution in [0.25, 0.3) is 133 Å². The second kappa shape index (κ2) is 21.7. The number of furan rings is 3. The normalized spacial score (nSPS) is 11.1. The quantitative estimate of drug-likeness (QED) is 0.122. The Hall–Kier alpha value is -9.73. The van der Waals surface area contributed by atoms with E-state index < -0.39 is 17.8 Å². The van der Waals surface area contributed by atoms with E-state index in [9.17, 15) is 13.2 Å². The molecule has 0 radical (unpaired) electrons. The molecule has 0 aliphatic rings. The number of hydrogen-bond donors (Lipinski definition) is 0. The molecule has 0 amide bonds. The molecule has 6 nitrogen and oxygen atoms in total. The largest absolute Gasteiger partial charge is 3.00 e. The Balaban J connectivity index is 0.000000118. The van der Waals surface area contributed by atoms with Gasteiger partial charge in [-0.05, 0) is 52.0 Å². The van der Waals surface area contributed by atoms with Crippen molar-refractivity contribution in [3.63, 3.8) is 0 Å². The summed E-state index contributed by atoms with van der Waals surface area (Å²) in [4.78, 5) is 12.5. The molecule has 0 fully saturated rings. The van der Waals surface area contributed by atoms with E-state index in [1.54, 1.807) is 18.2 Å². The van der Waals surface area contributed by atoms with E-state index >= 15 is 0 Å². The Morgan fingerprint density at radius 2 is 0.544 bits per heavy atom. The molecule has 0 bridgehead atoms. The molecule has 0 atom stereocenters. The first-order chi connectivity index (χ1) is 38.4. The van der Waals surface area contributed by atoms with Gasteiger partial charge in [-0.1, -0.05) is 215 Å². The number of aromatic nitrogens is 3. The minimum absolute atomic E-state index is 0. The van der Waals surface area contributed by atoms with Crippen molar-refractivity contribution in [3.8, 4) is 67.2 Å². The summed E-state index contributed by atoms with van der Waals surface area (Å²) in [7, 11) is 0. The van der Waals surface area contributed by atoms with Crippen LogP contribution >= 0.6 is 0 Å². The third kappa shape index (κ3) is 9.65. The minimum atomic E-state index is -0.504. The van der Waals surface area contributed by atoms with Crippen molar-refractivity contribution in [2.24, 2.45) is 0 Å². The van der Waals surface area contributed by atoms with Gasteiger partial charge in [0.2, 0.25) is 17.8 Å². The van der Waals surface area contributed by atoms with Gasteiger partial charge in [0.15, 0.2) is 0 Å². The van der Waals surface area contributed by atoms with Crippen molar-refractivity contribution in [2.75, 3.05) is 0 Å². The van der Waals surface area contributed by atoms with Gasteiger partial charge in [0.1, 0.15) is 16.7 Å². The van der Waals surface area contributed by atoms with Gasteiger partial charge in [0.25, 0.3) is 0 Å². The van der Waals surface area contributed by atoms with Crippen LogP contribution in [0.4, 0.5) is 13.2 Å². The van der Waals surface area contributed by atoms with Gasteiger partial charge in [0, 0.05) is 32.8 Å². The number of rotatable bonds is 6. The monoisotopic (exact) mass is 1210 g/mol. The zero-order chi connectivity index (χ0) is 52.5. The number of halogens is 3. The van der Waals surface area contributed by atoms with Gasteiger partial charge < -0.3 is 13.3 Å². The SMILES string of the molecule is Fc1nc(-c2[c-]ccc3c2oc2ccccc23)ccc1-c1ccccc1.Fc1nc(-c2[c-]ccc3c2oc2ccccc23)ccc1-c1ccccc1.Fc1nc(-c2[c-]ccc3c2oc2ccccc23)ccc1-c1ccccc1.[Ir+3]. The van der Waals surface area contributed by atoms with Crippen LogP contribution in [0.2, 0.25) is 0 Å². The first-order valence-electron chi connectivity index (χ1n) is 25.1. The standard InChI is InChI=1S/3C23H13FNO.Ir/c3*24-23-16(15-7-2-1-3-8-15)13-14-20(25-23)19-11-6-10-18-17-9-4-5-12-21(17)26-22(18)19;/h3*1-10,12-14H;/q3*-1;+3. The van der Waals surface area contributed by atoms with E-state index in [1.165, 1.54) is 0 Å². The molecule has 378 valence electrons. The van der Waals surface area contributed by atoms with Gasteiger partial charge in [0.05, 0.1) is 16.7 Å². The van der Waals surface area contributed by atoms with Gasteiger partial charge in [-0.15, -0.1) is 54.6 Å². The van der Waals surface area contributed by atoms with Gasteiger partial charge in [-0.2, -0.15) is 13.2 Å². The number of fused-ring (bicyclic) bond motifs is 9. The van der Waals surface area contributed by atoms with Crippen LogP contribution in [0.1, 0.15) is 0 Å². The summed E-state index contributed by atoms with van der Waals surface area (Å²) in [6.07, 6.45) is 0. The molecular formula is C69H39F3IrN3O3. The Morgan fingerprint density at radius 1 is 0.278 bits per heavy atom. The van der Waals surface area contributed by atoms with Crippen molar-refractivity contribution in [2.45, 2.75) is 0 Å². The summed E-state index contributed by atoms with van der Waals surface area (Å²) < 4.78 is 62.0. The molecule has 0 aliphatic carbocycles. The van der Waals surface area contributed by atoms with Crippen molar-refractivity contribution < 1.29 is 46.5 Å². The van der Waals surface area contributed by atoms with Crippen LogP contribution in [0.3, 0.4) is 0 Å². The van der Waals surface area contributed by atoms with E-state index in [0.29, 0.717) is 67.2 Å². The second-order valence-corrected chi connectivity index (χ2v) is 18.3. The molecule has 10 heteroatoms. The molecule has 0 N–H and O–H groups in total. The van der Waals surface area contributed by atoms with Crippen molar-refractivity contribution in [3.05, 3.63) is 273 Å². The van der Waals surface area contributed by atoms with Gasteiger partial charge >= 0.3 is 20.1 Å². The second-order valence-electron chi connectivity index (χ2n) is 18.3. The van der Waals surface area contributed by atoms with E-state index in [0.717, 1.165) is 65.8 Å². The Kier molecular flexibility index (Phi) is 13.8. The van der Waals surface area contributed by atoms with Crippen molar-refractivity contribution >= 4 is 65.8 Å². The third-order valence-corrected chi connectivity index (χ3v) is 13.6. The number of nitrogens with zero attached hydrogens (tertiary/aromatic N) is 3. The zero-order valence-electron chi connectivity index (χ0n) is 41.6. The van der Waals surface area contributed by atoms with Crippen LogP contribution in [0.5, 0.6) is 0 Å². The fraction of sp³-hybridized carbons (Fsp3) is 0. The fourth-order valence-electron chi connectivity index (χ4n) is 9.86. The molecule has 0 aliphatic heterocycles. The van der Waals surface area contributed by atoms with Crippen LogP contribution in [-0.4, -0.2) is 15.0 Å². The molecule has 0 saturated carbocycles. The average molecular weight is 1210 g/mol. The Bertz CT molecular complexity index is 4200. The fourth-order valence-corrected chi connectivity index (χ4v) is 9.86. The topological polar surface area (TPSA) is 78.1 Å². The molecule has 6 heterocycles. The molecular weight excluding hydrogens is 1170 g/mol. The van der Waals surface area contributed by atoms with Crippen LogP contribution in [0.15, 0.2) is 250 Å². The predicted octanol–water partition coefficient (Wildman–Crippen LogP) is 18.8. The first-order valence-corrected chi connectivity index (χ1v) is 25.1. The molecule has 0 spiro atoms. The molecule has 0 unspecified atom stereocenters. The van der Waals surface area contributed by atoms with Crippen molar-refractivity contribution in [1.82, 2.24) is 15.0 Å². The predicted molar refractivity (Wildman–Crippen MR) is 304 cm³/mol. The van der Waals surface area contributed by atoms with Crippen LogP contribution in [-0.2, 0) is 20.1 Å². The molecule has 15 aromatic rings. The third-order valence-electron chi connectivity index (χ3n) is 13.6.